The average molecular weight is 615 g/mol. The van der Waals surface area contributed by atoms with Gasteiger partial charge in [-0.1, -0.05) is 102 Å². The minimum Gasteiger partial charge on any atom is -0.497 e. The largest absolute Gasteiger partial charge is 0.497 e. The SMILES string of the molecule is COc1ccc(N=N[C@]23CCN(C(=O)c4c(C(C)C)cc(C(C)C)cc4C(C)C)[C@H]2N(Cc2ccccc2)c2ccccc23)cc1. The van der Waals surface area contributed by atoms with Gasteiger partial charge in [-0.05, 0) is 70.3 Å². The van der Waals surface area contributed by atoms with Gasteiger partial charge < -0.3 is 14.5 Å². The standard InChI is InChI=1S/C40H46N4O2/c1-26(2)30-23-33(27(3)4)37(34(24-30)28(5)6)38(45)43-22-21-40(42-41-31-17-19-32(46-7)20-18-31)35-15-11-12-16-36(35)44(39(40)43)25-29-13-9-8-10-14-29/h8-20,23-24,26-28,39H,21-22,25H2,1-7H3/t39-,40-/m0/s1. The number of carbonyl (C=O) groups excluding carboxylic acids is 1. The Kier molecular flexibility index (Phi) is 8.73. The summed E-state index contributed by atoms with van der Waals surface area (Å²) in [4.78, 5) is 19.6. The summed E-state index contributed by atoms with van der Waals surface area (Å²) in [5.41, 5.74) is 7.84. The van der Waals surface area contributed by atoms with Gasteiger partial charge in [-0.15, -0.1) is 0 Å². The molecule has 6 rings (SSSR count). The molecule has 6 heteroatoms. The Morgan fingerprint density at radius 2 is 1.48 bits per heavy atom. The number of methoxy groups -OCH3 is 1. The number of hydrogen-bond donors (Lipinski definition) is 0. The zero-order chi connectivity index (χ0) is 32.6. The molecule has 0 unspecified atom stereocenters. The fourth-order valence-corrected chi connectivity index (χ4v) is 7.18. The van der Waals surface area contributed by atoms with Crippen molar-refractivity contribution in [2.45, 2.75) is 84.0 Å². The van der Waals surface area contributed by atoms with Crippen molar-refractivity contribution in [3.05, 3.63) is 124 Å². The predicted molar refractivity (Wildman–Crippen MR) is 186 cm³/mol. The summed E-state index contributed by atoms with van der Waals surface area (Å²) < 4.78 is 5.36. The highest BCUT2D eigenvalue weighted by Gasteiger charge is 2.59. The van der Waals surface area contributed by atoms with Crippen molar-refractivity contribution >= 4 is 17.3 Å². The van der Waals surface area contributed by atoms with Crippen LogP contribution in [0.5, 0.6) is 5.75 Å². The van der Waals surface area contributed by atoms with E-state index in [0.29, 0.717) is 25.4 Å². The fourth-order valence-electron chi connectivity index (χ4n) is 7.18. The third kappa shape index (κ3) is 5.59. The van der Waals surface area contributed by atoms with Crippen LogP contribution in [0.15, 0.2) is 101 Å². The first-order valence-electron chi connectivity index (χ1n) is 16.6. The molecule has 0 aromatic heterocycles. The van der Waals surface area contributed by atoms with E-state index in [1.807, 2.05) is 30.3 Å². The summed E-state index contributed by atoms with van der Waals surface area (Å²) in [5, 5.41) is 10.0. The van der Waals surface area contributed by atoms with E-state index in [0.717, 1.165) is 39.4 Å². The van der Waals surface area contributed by atoms with Crippen molar-refractivity contribution in [2.75, 3.05) is 18.6 Å². The molecule has 46 heavy (non-hydrogen) atoms. The number of para-hydroxylation sites is 1. The van der Waals surface area contributed by atoms with Crippen molar-refractivity contribution in [1.29, 1.82) is 0 Å². The molecular weight excluding hydrogens is 568 g/mol. The summed E-state index contributed by atoms with van der Waals surface area (Å²) >= 11 is 0. The lowest BCUT2D eigenvalue weighted by Crippen LogP contribution is -2.51. The van der Waals surface area contributed by atoms with E-state index in [2.05, 4.69) is 112 Å². The second-order valence-electron chi connectivity index (χ2n) is 13.6. The number of anilines is 1. The lowest BCUT2D eigenvalue weighted by molar-refractivity contribution is 0.0706. The molecule has 0 spiro atoms. The first-order valence-corrected chi connectivity index (χ1v) is 16.6. The van der Waals surface area contributed by atoms with Gasteiger partial charge in [-0.25, -0.2) is 0 Å². The molecule has 2 aliphatic rings. The number of fused-ring (bicyclic) bond motifs is 3. The molecule has 1 amide bonds. The second-order valence-corrected chi connectivity index (χ2v) is 13.6. The van der Waals surface area contributed by atoms with Crippen molar-refractivity contribution < 1.29 is 9.53 Å². The smallest absolute Gasteiger partial charge is 0.256 e. The van der Waals surface area contributed by atoms with Crippen molar-refractivity contribution in [1.82, 2.24) is 4.90 Å². The third-order valence-electron chi connectivity index (χ3n) is 9.65. The molecule has 0 aliphatic carbocycles. The first kappa shape index (κ1) is 31.5. The number of hydrogen-bond acceptors (Lipinski definition) is 5. The summed E-state index contributed by atoms with van der Waals surface area (Å²) in [6, 6.07) is 31.2. The molecule has 2 atom stereocenters. The number of nitrogens with zero attached hydrogens (tertiary/aromatic N) is 4. The highest BCUT2D eigenvalue weighted by Crippen LogP contribution is 2.54. The van der Waals surface area contributed by atoms with Crippen molar-refractivity contribution in [2.24, 2.45) is 10.2 Å². The molecule has 6 nitrogen and oxygen atoms in total. The van der Waals surface area contributed by atoms with Gasteiger partial charge in [0.1, 0.15) is 17.5 Å². The van der Waals surface area contributed by atoms with Gasteiger partial charge in [-0.2, -0.15) is 10.2 Å². The van der Waals surface area contributed by atoms with Gasteiger partial charge in [0.15, 0.2) is 0 Å². The highest BCUT2D eigenvalue weighted by atomic mass is 16.5. The molecule has 0 bridgehead atoms. The molecular formula is C40H46N4O2. The van der Waals surface area contributed by atoms with Crippen LogP contribution in [0.2, 0.25) is 0 Å². The molecule has 0 radical (unpaired) electrons. The van der Waals surface area contributed by atoms with Crippen LogP contribution in [0.1, 0.15) is 104 Å². The Morgan fingerprint density at radius 1 is 0.848 bits per heavy atom. The lowest BCUT2D eigenvalue weighted by atomic mass is 9.84. The molecule has 1 fully saturated rings. The summed E-state index contributed by atoms with van der Waals surface area (Å²) in [6.07, 6.45) is 0.355. The van der Waals surface area contributed by atoms with Crippen LogP contribution in [0.25, 0.3) is 0 Å². The highest BCUT2D eigenvalue weighted by molar-refractivity contribution is 5.99. The van der Waals surface area contributed by atoms with Crippen LogP contribution in [0.4, 0.5) is 11.4 Å². The Bertz CT molecular complexity index is 1700. The molecule has 4 aromatic rings. The van der Waals surface area contributed by atoms with Gasteiger partial charge in [-0.3, -0.25) is 4.79 Å². The zero-order valence-electron chi connectivity index (χ0n) is 28.2. The number of carbonyl (C=O) groups is 1. The number of benzene rings is 4. The summed E-state index contributed by atoms with van der Waals surface area (Å²) in [7, 11) is 1.66. The van der Waals surface area contributed by atoms with Gasteiger partial charge in [0, 0.05) is 36.3 Å². The van der Waals surface area contributed by atoms with Crippen LogP contribution in [0, 0.1) is 0 Å². The third-order valence-corrected chi connectivity index (χ3v) is 9.65. The van der Waals surface area contributed by atoms with Crippen LogP contribution >= 0.6 is 0 Å². The molecule has 2 aliphatic heterocycles. The molecule has 238 valence electrons. The Balaban J connectivity index is 1.51. The van der Waals surface area contributed by atoms with E-state index < -0.39 is 5.54 Å². The summed E-state index contributed by atoms with van der Waals surface area (Å²) in [5.74, 6) is 1.65. The van der Waals surface area contributed by atoms with E-state index in [1.165, 1.54) is 11.1 Å². The van der Waals surface area contributed by atoms with Gasteiger partial charge in [0.2, 0.25) is 0 Å². The molecule has 0 N–H and O–H groups in total. The van der Waals surface area contributed by atoms with Gasteiger partial charge >= 0.3 is 0 Å². The van der Waals surface area contributed by atoms with E-state index in [-0.39, 0.29) is 23.9 Å². The van der Waals surface area contributed by atoms with E-state index in [9.17, 15) is 0 Å². The Morgan fingerprint density at radius 3 is 2.09 bits per heavy atom. The van der Waals surface area contributed by atoms with E-state index in [4.69, 9.17) is 15.0 Å². The zero-order valence-corrected chi connectivity index (χ0v) is 28.2. The van der Waals surface area contributed by atoms with Crippen LogP contribution in [-0.2, 0) is 12.1 Å². The predicted octanol–water partition coefficient (Wildman–Crippen LogP) is 9.94. The van der Waals surface area contributed by atoms with Crippen LogP contribution < -0.4 is 9.64 Å². The monoisotopic (exact) mass is 614 g/mol. The normalized spacial score (nSPS) is 19.0. The Hall–Kier alpha value is -4.45. The minimum atomic E-state index is -0.713. The summed E-state index contributed by atoms with van der Waals surface area (Å²) in [6.45, 7) is 14.5. The van der Waals surface area contributed by atoms with Crippen LogP contribution in [0.3, 0.4) is 0 Å². The average Bonchev–Trinajstić information content (AvgIpc) is 3.57. The number of ether oxygens (including phenoxy) is 1. The van der Waals surface area contributed by atoms with Crippen molar-refractivity contribution in [3.63, 3.8) is 0 Å². The number of rotatable bonds is 9. The van der Waals surface area contributed by atoms with Crippen LogP contribution in [-0.4, -0.2) is 30.6 Å². The minimum absolute atomic E-state index is 0.0834. The lowest BCUT2D eigenvalue weighted by Gasteiger charge is -2.37. The maximum Gasteiger partial charge on any atom is 0.256 e. The molecule has 4 aromatic carbocycles. The number of amides is 1. The van der Waals surface area contributed by atoms with E-state index in [1.54, 1.807) is 7.11 Å². The van der Waals surface area contributed by atoms with Gasteiger partial charge in [0.25, 0.3) is 5.91 Å². The second kappa shape index (κ2) is 12.7. The van der Waals surface area contributed by atoms with E-state index >= 15 is 4.79 Å². The van der Waals surface area contributed by atoms with Gasteiger partial charge in [0.05, 0.1) is 12.8 Å². The maximum absolute atomic E-state index is 15.2. The quantitative estimate of drug-likeness (QED) is 0.176. The Labute approximate surface area is 274 Å². The molecule has 1 saturated heterocycles. The molecule has 0 saturated carbocycles. The molecule has 2 heterocycles. The topological polar surface area (TPSA) is 57.5 Å². The maximum atomic E-state index is 15.2. The van der Waals surface area contributed by atoms with Crippen molar-refractivity contribution in [3.8, 4) is 5.75 Å². The number of azo groups is 1. The fraction of sp³-hybridized carbons (Fsp3) is 0.375. The first-order chi connectivity index (χ1) is 22.1. The number of likely N-dealkylation sites (tertiary alicyclic amines) is 1.